The summed E-state index contributed by atoms with van der Waals surface area (Å²) >= 11 is 3.29. The lowest BCUT2D eigenvalue weighted by atomic mass is 10.1. The molecular weight excluding hydrogens is 294 g/mol. The molecule has 1 aromatic carbocycles. The third-order valence-electron chi connectivity index (χ3n) is 2.81. The van der Waals surface area contributed by atoms with E-state index in [9.17, 15) is 0 Å². The molecule has 0 spiro atoms. The Kier molecular flexibility index (Phi) is 4.44. The van der Waals surface area contributed by atoms with Gasteiger partial charge in [0.1, 0.15) is 11.5 Å². The highest BCUT2D eigenvalue weighted by molar-refractivity contribution is 9.10. The Morgan fingerprint density at radius 3 is 2.83 bits per heavy atom. The zero-order valence-electron chi connectivity index (χ0n) is 10.4. The Morgan fingerprint density at radius 1 is 1.33 bits per heavy atom. The van der Waals surface area contributed by atoms with Gasteiger partial charge in [0.25, 0.3) is 0 Å². The molecule has 1 atom stereocenters. The van der Waals surface area contributed by atoms with E-state index in [1.165, 1.54) is 5.56 Å². The Hall–Kier alpha value is -1.26. The molecule has 0 aliphatic rings. The van der Waals surface area contributed by atoms with Crippen molar-refractivity contribution in [1.29, 1.82) is 0 Å². The highest BCUT2D eigenvalue weighted by Gasteiger charge is 2.07. The minimum atomic E-state index is 0.240. The first-order valence-corrected chi connectivity index (χ1v) is 6.60. The van der Waals surface area contributed by atoms with Gasteiger partial charge < -0.3 is 14.5 Å². The van der Waals surface area contributed by atoms with Gasteiger partial charge in [-0.15, -0.1) is 0 Å². The van der Waals surface area contributed by atoms with Crippen molar-refractivity contribution in [3.63, 3.8) is 0 Å². The molecule has 18 heavy (non-hydrogen) atoms. The fraction of sp³-hybridized carbons (Fsp3) is 0.286. The van der Waals surface area contributed by atoms with Crippen LogP contribution in [-0.2, 0) is 6.54 Å². The van der Waals surface area contributed by atoms with Crippen LogP contribution in [0.4, 0.5) is 0 Å². The molecule has 96 valence electrons. The van der Waals surface area contributed by atoms with Gasteiger partial charge in [0, 0.05) is 6.04 Å². The van der Waals surface area contributed by atoms with Gasteiger partial charge in [-0.05, 0) is 52.7 Å². The third-order valence-corrected chi connectivity index (χ3v) is 3.23. The van der Waals surface area contributed by atoms with Crippen molar-refractivity contribution in [2.45, 2.75) is 19.5 Å². The molecule has 2 rings (SSSR count). The summed E-state index contributed by atoms with van der Waals surface area (Å²) in [4.78, 5) is 0. The lowest BCUT2D eigenvalue weighted by Gasteiger charge is -2.14. The largest absolute Gasteiger partial charge is 0.497 e. The Labute approximate surface area is 115 Å². The normalized spacial score (nSPS) is 12.4. The first-order chi connectivity index (χ1) is 8.69. The molecule has 1 aromatic heterocycles. The van der Waals surface area contributed by atoms with Crippen molar-refractivity contribution in [3.05, 3.63) is 52.4 Å². The highest BCUT2D eigenvalue weighted by atomic mass is 79.9. The molecule has 1 heterocycles. The maximum Gasteiger partial charge on any atom is 0.169 e. The van der Waals surface area contributed by atoms with Gasteiger partial charge in [-0.1, -0.05) is 12.1 Å². The van der Waals surface area contributed by atoms with Crippen molar-refractivity contribution in [2.24, 2.45) is 0 Å². The van der Waals surface area contributed by atoms with E-state index in [0.717, 1.165) is 16.2 Å². The van der Waals surface area contributed by atoms with Crippen LogP contribution >= 0.6 is 15.9 Å². The molecule has 1 N–H and O–H groups in total. The summed E-state index contributed by atoms with van der Waals surface area (Å²) in [5, 5.41) is 3.41. The highest BCUT2D eigenvalue weighted by Crippen LogP contribution is 2.20. The summed E-state index contributed by atoms with van der Waals surface area (Å²) in [6.45, 7) is 2.82. The maximum atomic E-state index is 5.44. The smallest absolute Gasteiger partial charge is 0.169 e. The zero-order valence-corrected chi connectivity index (χ0v) is 12.0. The first kappa shape index (κ1) is 13.2. The molecule has 0 fully saturated rings. The number of furan rings is 1. The Balaban J connectivity index is 1.96. The monoisotopic (exact) mass is 309 g/mol. The van der Waals surface area contributed by atoms with Gasteiger partial charge >= 0.3 is 0 Å². The van der Waals surface area contributed by atoms with Crippen LogP contribution in [0.25, 0.3) is 0 Å². The number of ether oxygens (including phenoxy) is 1. The first-order valence-electron chi connectivity index (χ1n) is 5.80. The SMILES string of the molecule is COc1cccc(C(C)NCc2ccc(Br)o2)c1. The molecule has 0 saturated heterocycles. The Bertz CT molecular complexity index is 510. The molecular formula is C14H16BrNO2. The van der Waals surface area contributed by atoms with E-state index in [1.54, 1.807) is 7.11 Å². The molecule has 0 amide bonds. The average Bonchev–Trinajstić information content (AvgIpc) is 2.82. The Morgan fingerprint density at radius 2 is 2.17 bits per heavy atom. The van der Waals surface area contributed by atoms with E-state index in [1.807, 2.05) is 30.3 Å². The van der Waals surface area contributed by atoms with Crippen molar-refractivity contribution >= 4 is 15.9 Å². The number of rotatable bonds is 5. The van der Waals surface area contributed by atoms with Gasteiger partial charge in [-0.25, -0.2) is 0 Å². The zero-order chi connectivity index (χ0) is 13.0. The van der Waals surface area contributed by atoms with Crippen LogP contribution < -0.4 is 10.1 Å². The second-order valence-electron chi connectivity index (χ2n) is 4.09. The van der Waals surface area contributed by atoms with Crippen LogP contribution in [0.15, 0.2) is 45.5 Å². The van der Waals surface area contributed by atoms with E-state index >= 15 is 0 Å². The van der Waals surface area contributed by atoms with E-state index in [-0.39, 0.29) is 6.04 Å². The number of hydrogen-bond donors (Lipinski definition) is 1. The molecule has 0 radical (unpaired) electrons. The van der Waals surface area contributed by atoms with Gasteiger partial charge in [0.15, 0.2) is 4.67 Å². The fourth-order valence-corrected chi connectivity index (χ4v) is 2.07. The third kappa shape index (κ3) is 3.37. The number of benzene rings is 1. The van der Waals surface area contributed by atoms with Crippen LogP contribution in [0, 0.1) is 0 Å². The van der Waals surface area contributed by atoms with Crippen LogP contribution in [0.3, 0.4) is 0 Å². The van der Waals surface area contributed by atoms with Crippen molar-refractivity contribution < 1.29 is 9.15 Å². The van der Waals surface area contributed by atoms with E-state index in [2.05, 4.69) is 34.2 Å². The quantitative estimate of drug-likeness (QED) is 0.909. The lowest BCUT2D eigenvalue weighted by Crippen LogP contribution is -2.17. The predicted molar refractivity (Wildman–Crippen MR) is 74.7 cm³/mol. The standard InChI is InChI=1S/C14H16BrNO2/c1-10(11-4-3-5-12(8-11)17-2)16-9-13-6-7-14(15)18-13/h3-8,10,16H,9H2,1-2H3. The maximum absolute atomic E-state index is 5.44. The summed E-state index contributed by atoms with van der Waals surface area (Å²) in [5.74, 6) is 1.79. The van der Waals surface area contributed by atoms with Crippen molar-refractivity contribution in [3.8, 4) is 5.75 Å². The minimum absolute atomic E-state index is 0.240. The average molecular weight is 310 g/mol. The lowest BCUT2D eigenvalue weighted by molar-refractivity contribution is 0.412. The van der Waals surface area contributed by atoms with Crippen LogP contribution in [0.1, 0.15) is 24.3 Å². The van der Waals surface area contributed by atoms with Gasteiger partial charge in [0.2, 0.25) is 0 Å². The van der Waals surface area contributed by atoms with Gasteiger partial charge in [0.05, 0.1) is 13.7 Å². The molecule has 0 aliphatic heterocycles. The van der Waals surface area contributed by atoms with E-state index < -0.39 is 0 Å². The molecule has 4 heteroatoms. The summed E-state index contributed by atoms with van der Waals surface area (Å²) in [5.41, 5.74) is 1.19. The molecule has 0 bridgehead atoms. The summed E-state index contributed by atoms with van der Waals surface area (Å²) < 4.78 is 11.4. The van der Waals surface area contributed by atoms with Crippen LogP contribution in [0.2, 0.25) is 0 Å². The van der Waals surface area contributed by atoms with Gasteiger partial charge in [-0.2, -0.15) is 0 Å². The molecule has 0 saturated carbocycles. The number of nitrogens with one attached hydrogen (secondary N) is 1. The summed E-state index contributed by atoms with van der Waals surface area (Å²) in [7, 11) is 1.68. The summed E-state index contributed by atoms with van der Waals surface area (Å²) in [6, 6.07) is 12.1. The molecule has 3 nitrogen and oxygen atoms in total. The van der Waals surface area contributed by atoms with Crippen LogP contribution in [-0.4, -0.2) is 7.11 Å². The molecule has 2 aromatic rings. The minimum Gasteiger partial charge on any atom is -0.497 e. The summed E-state index contributed by atoms with van der Waals surface area (Å²) in [6.07, 6.45) is 0. The van der Waals surface area contributed by atoms with Crippen molar-refractivity contribution in [1.82, 2.24) is 5.32 Å². The number of hydrogen-bond acceptors (Lipinski definition) is 3. The molecule has 0 aliphatic carbocycles. The van der Waals surface area contributed by atoms with E-state index in [0.29, 0.717) is 6.54 Å². The van der Waals surface area contributed by atoms with Crippen molar-refractivity contribution in [2.75, 3.05) is 7.11 Å². The van der Waals surface area contributed by atoms with E-state index in [4.69, 9.17) is 9.15 Å². The van der Waals surface area contributed by atoms with Gasteiger partial charge in [-0.3, -0.25) is 0 Å². The fourth-order valence-electron chi connectivity index (χ4n) is 1.73. The topological polar surface area (TPSA) is 34.4 Å². The number of halogens is 1. The predicted octanol–water partition coefficient (Wildman–Crippen LogP) is 3.90. The second kappa shape index (κ2) is 6.07. The second-order valence-corrected chi connectivity index (χ2v) is 4.87. The van der Waals surface area contributed by atoms with Crippen LogP contribution in [0.5, 0.6) is 5.75 Å². The molecule has 1 unspecified atom stereocenters. The number of methoxy groups -OCH3 is 1.